The van der Waals surface area contributed by atoms with E-state index in [0.29, 0.717) is 30.2 Å². The van der Waals surface area contributed by atoms with Gasteiger partial charge in [0.1, 0.15) is 0 Å². The van der Waals surface area contributed by atoms with Crippen molar-refractivity contribution >= 4 is 11.8 Å². The highest BCUT2D eigenvalue weighted by Crippen LogP contribution is 2.65. The summed E-state index contributed by atoms with van der Waals surface area (Å²) in [7, 11) is 0. The molecule has 1 aliphatic heterocycles. The van der Waals surface area contributed by atoms with E-state index in [2.05, 4.69) is 12.2 Å². The molecule has 6 rings (SSSR count). The molecule has 0 aromatic heterocycles. The molecule has 3 fully saturated rings. The van der Waals surface area contributed by atoms with Gasteiger partial charge in [0.15, 0.2) is 0 Å². The Balaban J connectivity index is 1.49. The minimum absolute atomic E-state index is 0.0681. The molecule has 1 aromatic rings. The molecule has 6 atom stereocenters. The summed E-state index contributed by atoms with van der Waals surface area (Å²) in [5, 5.41) is 0. The summed E-state index contributed by atoms with van der Waals surface area (Å²) in [6.45, 7) is 0.431. The van der Waals surface area contributed by atoms with Gasteiger partial charge in [-0.2, -0.15) is 0 Å². The molecule has 0 spiro atoms. The summed E-state index contributed by atoms with van der Waals surface area (Å²) in [4.78, 5) is 27.1. The maximum absolute atomic E-state index is 12.8. The van der Waals surface area contributed by atoms with Crippen LogP contribution >= 0.6 is 0 Å². The van der Waals surface area contributed by atoms with Gasteiger partial charge < -0.3 is 0 Å². The van der Waals surface area contributed by atoms with E-state index in [4.69, 9.17) is 0 Å². The fourth-order valence-corrected chi connectivity index (χ4v) is 4.94. The molecule has 0 unspecified atom stereocenters. The van der Waals surface area contributed by atoms with Crippen LogP contribution in [0, 0.1) is 35.5 Å². The molecule has 3 nitrogen and oxygen atoms in total. The van der Waals surface area contributed by atoms with Crippen LogP contribution in [0.4, 0.5) is 0 Å². The number of rotatable bonds is 2. The second-order valence-electron chi connectivity index (χ2n) is 6.90. The highest BCUT2D eigenvalue weighted by Gasteiger charge is 2.66. The van der Waals surface area contributed by atoms with Crippen LogP contribution in [-0.4, -0.2) is 16.7 Å². The highest BCUT2D eigenvalue weighted by atomic mass is 16.2. The lowest BCUT2D eigenvalue weighted by atomic mass is 9.63. The SMILES string of the molecule is O=C1[C@H]2[C@@H]3C=C[C@H]([C@H]4C[C@H]34)[C@@H]2C(=O)N1Cc1ccccc1. The first-order valence-corrected chi connectivity index (χ1v) is 7.83. The average molecular weight is 279 g/mol. The second-order valence-corrected chi connectivity index (χ2v) is 6.90. The fourth-order valence-electron chi connectivity index (χ4n) is 4.94. The molecule has 1 heterocycles. The van der Waals surface area contributed by atoms with Crippen LogP contribution in [0.3, 0.4) is 0 Å². The van der Waals surface area contributed by atoms with Gasteiger partial charge in [0.25, 0.3) is 0 Å². The third-order valence-corrected chi connectivity index (χ3v) is 5.94. The Kier molecular flexibility index (Phi) is 2.15. The van der Waals surface area contributed by atoms with E-state index in [-0.39, 0.29) is 23.7 Å². The summed E-state index contributed by atoms with van der Waals surface area (Å²) in [6.07, 6.45) is 5.66. The fraction of sp³-hybridized carbons (Fsp3) is 0.444. The molecule has 2 amide bonds. The highest BCUT2D eigenvalue weighted by molar-refractivity contribution is 6.06. The van der Waals surface area contributed by atoms with E-state index >= 15 is 0 Å². The van der Waals surface area contributed by atoms with E-state index < -0.39 is 0 Å². The first kappa shape index (κ1) is 11.7. The molecule has 1 saturated heterocycles. The topological polar surface area (TPSA) is 37.4 Å². The zero-order valence-electron chi connectivity index (χ0n) is 11.7. The van der Waals surface area contributed by atoms with Crippen molar-refractivity contribution in [1.29, 1.82) is 0 Å². The molecular weight excluding hydrogens is 262 g/mol. The molecule has 21 heavy (non-hydrogen) atoms. The van der Waals surface area contributed by atoms with Crippen molar-refractivity contribution in [2.24, 2.45) is 35.5 Å². The lowest BCUT2D eigenvalue weighted by Gasteiger charge is -2.37. The average Bonchev–Trinajstić information content (AvgIpc) is 3.30. The monoisotopic (exact) mass is 279 g/mol. The molecule has 1 aromatic carbocycles. The predicted molar refractivity (Wildman–Crippen MR) is 76.7 cm³/mol. The number of carbonyl (C=O) groups excluding carboxylic acids is 2. The van der Waals surface area contributed by atoms with Crippen LogP contribution in [0.25, 0.3) is 0 Å². The zero-order valence-corrected chi connectivity index (χ0v) is 11.7. The number of hydrogen-bond acceptors (Lipinski definition) is 2. The Morgan fingerprint density at radius 2 is 1.48 bits per heavy atom. The van der Waals surface area contributed by atoms with Crippen LogP contribution in [-0.2, 0) is 16.1 Å². The number of allylic oxidation sites excluding steroid dienone is 2. The van der Waals surface area contributed by atoms with Crippen molar-refractivity contribution in [3.05, 3.63) is 48.0 Å². The van der Waals surface area contributed by atoms with Gasteiger partial charge in [-0.3, -0.25) is 14.5 Å². The number of nitrogens with zero attached hydrogens (tertiary/aromatic N) is 1. The maximum Gasteiger partial charge on any atom is 0.234 e. The molecule has 4 aliphatic carbocycles. The Morgan fingerprint density at radius 1 is 0.905 bits per heavy atom. The van der Waals surface area contributed by atoms with Crippen molar-refractivity contribution in [2.45, 2.75) is 13.0 Å². The standard InChI is InChI=1S/C18H17NO2/c20-17-15-11-6-7-12(14-8-13(11)14)16(15)18(21)19(17)9-10-4-2-1-3-5-10/h1-7,11-16H,8-9H2/t11-,12-,13-,14-,15+,16+/m1/s1. The van der Waals surface area contributed by atoms with E-state index in [9.17, 15) is 9.59 Å². The van der Waals surface area contributed by atoms with Crippen molar-refractivity contribution in [3.63, 3.8) is 0 Å². The zero-order chi connectivity index (χ0) is 14.1. The third-order valence-electron chi connectivity index (χ3n) is 5.94. The maximum atomic E-state index is 12.8. The summed E-state index contributed by atoms with van der Waals surface area (Å²) in [6, 6.07) is 9.82. The van der Waals surface area contributed by atoms with Crippen LogP contribution in [0.1, 0.15) is 12.0 Å². The quantitative estimate of drug-likeness (QED) is 0.615. The molecule has 2 saturated carbocycles. The van der Waals surface area contributed by atoms with Gasteiger partial charge in [-0.25, -0.2) is 0 Å². The number of imide groups is 1. The van der Waals surface area contributed by atoms with Crippen molar-refractivity contribution in [2.75, 3.05) is 0 Å². The van der Waals surface area contributed by atoms with Crippen LogP contribution in [0.2, 0.25) is 0 Å². The molecule has 0 radical (unpaired) electrons. The van der Waals surface area contributed by atoms with E-state index in [1.54, 1.807) is 0 Å². The smallest absolute Gasteiger partial charge is 0.234 e. The molecule has 5 aliphatic rings. The van der Waals surface area contributed by atoms with Gasteiger partial charge in [-0.1, -0.05) is 42.5 Å². The molecule has 0 N–H and O–H groups in total. The summed E-state index contributed by atoms with van der Waals surface area (Å²) in [5.74, 6) is 1.99. The largest absolute Gasteiger partial charge is 0.278 e. The lowest BCUT2D eigenvalue weighted by molar-refractivity contribution is -0.140. The third kappa shape index (κ3) is 1.44. The molecular formula is C18H17NO2. The van der Waals surface area contributed by atoms with E-state index in [0.717, 1.165) is 5.56 Å². The summed E-state index contributed by atoms with van der Waals surface area (Å²) < 4.78 is 0. The number of benzene rings is 1. The minimum atomic E-state index is -0.0695. The Hall–Kier alpha value is -1.90. The van der Waals surface area contributed by atoms with Gasteiger partial charge in [-0.05, 0) is 35.7 Å². The van der Waals surface area contributed by atoms with Gasteiger partial charge >= 0.3 is 0 Å². The van der Waals surface area contributed by atoms with Gasteiger partial charge in [-0.15, -0.1) is 0 Å². The van der Waals surface area contributed by atoms with E-state index in [1.807, 2.05) is 30.3 Å². The summed E-state index contributed by atoms with van der Waals surface area (Å²) >= 11 is 0. The first-order chi connectivity index (χ1) is 10.3. The van der Waals surface area contributed by atoms with Crippen LogP contribution in [0.15, 0.2) is 42.5 Å². The number of carbonyl (C=O) groups is 2. The van der Waals surface area contributed by atoms with Gasteiger partial charge in [0, 0.05) is 0 Å². The van der Waals surface area contributed by atoms with Crippen LogP contribution in [0.5, 0.6) is 0 Å². The normalized spacial score (nSPS) is 42.2. The molecule has 3 heteroatoms. The first-order valence-electron chi connectivity index (χ1n) is 7.83. The number of likely N-dealkylation sites (tertiary alicyclic amines) is 1. The minimum Gasteiger partial charge on any atom is -0.278 e. The molecule has 2 bridgehead atoms. The van der Waals surface area contributed by atoms with Crippen LogP contribution < -0.4 is 0 Å². The summed E-state index contributed by atoms with van der Waals surface area (Å²) in [5.41, 5.74) is 1.03. The molecule has 106 valence electrons. The Bertz CT molecular complexity index is 629. The number of amides is 2. The van der Waals surface area contributed by atoms with Crippen molar-refractivity contribution < 1.29 is 9.59 Å². The van der Waals surface area contributed by atoms with Crippen molar-refractivity contribution in [3.8, 4) is 0 Å². The predicted octanol–water partition coefficient (Wildman–Crippen LogP) is 2.24. The van der Waals surface area contributed by atoms with E-state index in [1.165, 1.54) is 11.3 Å². The van der Waals surface area contributed by atoms with Crippen molar-refractivity contribution in [1.82, 2.24) is 4.90 Å². The number of hydrogen-bond donors (Lipinski definition) is 0. The van der Waals surface area contributed by atoms with Gasteiger partial charge in [0.05, 0.1) is 18.4 Å². The Labute approximate surface area is 123 Å². The van der Waals surface area contributed by atoms with Gasteiger partial charge in [0.2, 0.25) is 11.8 Å². The second kappa shape index (κ2) is 3.85. The Morgan fingerprint density at radius 3 is 2.05 bits per heavy atom. The lowest BCUT2D eigenvalue weighted by Crippen LogP contribution is -2.40.